The number of rotatable bonds is 5. The summed E-state index contributed by atoms with van der Waals surface area (Å²) in [5.74, 6) is 1.15. The second-order valence-corrected chi connectivity index (χ2v) is 5.99. The molecule has 106 valence electrons. The first-order valence-electron chi connectivity index (χ1n) is 7.61. The van der Waals surface area contributed by atoms with Crippen LogP contribution in [-0.4, -0.2) is 12.6 Å². The third-order valence-electron chi connectivity index (χ3n) is 4.40. The van der Waals surface area contributed by atoms with Gasteiger partial charge in [-0.15, -0.1) is 0 Å². The molecule has 0 amide bonds. The Labute approximate surface area is 117 Å². The maximum Gasteiger partial charge on any atom is 0.0720 e. The SMILES string of the molecule is CC(CN)c1ccc(COC2CCCCC2C)cc1. The summed E-state index contributed by atoms with van der Waals surface area (Å²) in [4.78, 5) is 0. The molecule has 0 saturated heterocycles. The molecule has 2 heteroatoms. The summed E-state index contributed by atoms with van der Waals surface area (Å²) >= 11 is 0. The maximum atomic E-state index is 6.08. The molecule has 2 nitrogen and oxygen atoms in total. The Morgan fingerprint density at radius 1 is 1.21 bits per heavy atom. The van der Waals surface area contributed by atoms with Gasteiger partial charge in [0.15, 0.2) is 0 Å². The van der Waals surface area contributed by atoms with Gasteiger partial charge in [0.2, 0.25) is 0 Å². The highest BCUT2D eigenvalue weighted by molar-refractivity contribution is 5.24. The van der Waals surface area contributed by atoms with Crippen LogP contribution in [0.25, 0.3) is 0 Å². The maximum absolute atomic E-state index is 6.08. The van der Waals surface area contributed by atoms with Crippen molar-refractivity contribution in [1.29, 1.82) is 0 Å². The molecule has 0 aliphatic heterocycles. The first-order chi connectivity index (χ1) is 9.20. The summed E-state index contributed by atoms with van der Waals surface area (Å²) in [5, 5.41) is 0. The first kappa shape index (κ1) is 14.5. The zero-order valence-corrected chi connectivity index (χ0v) is 12.3. The lowest BCUT2D eigenvalue weighted by Gasteiger charge is -2.28. The summed E-state index contributed by atoms with van der Waals surface area (Å²) in [5.41, 5.74) is 8.28. The third kappa shape index (κ3) is 4.05. The lowest BCUT2D eigenvalue weighted by molar-refractivity contribution is -0.0154. The van der Waals surface area contributed by atoms with Gasteiger partial charge in [-0.2, -0.15) is 0 Å². The Morgan fingerprint density at radius 3 is 2.53 bits per heavy atom. The molecule has 1 aromatic carbocycles. The highest BCUT2D eigenvalue weighted by Crippen LogP contribution is 2.27. The van der Waals surface area contributed by atoms with Crippen molar-refractivity contribution in [3.05, 3.63) is 35.4 Å². The number of benzene rings is 1. The molecule has 0 spiro atoms. The molecule has 0 radical (unpaired) electrons. The van der Waals surface area contributed by atoms with Crippen LogP contribution in [0.4, 0.5) is 0 Å². The molecule has 19 heavy (non-hydrogen) atoms. The van der Waals surface area contributed by atoms with Gasteiger partial charge in [-0.3, -0.25) is 0 Å². The molecule has 2 N–H and O–H groups in total. The van der Waals surface area contributed by atoms with Crippen LogP contribution < -0.4 is 5.73 Å². The Balaban J connectivity index is 1.85. The van der Waals surface area contributed by atoms with E-state index in [0.717, 1.165) is 6.61 Å². The van der Waals surface area contributed by atoms with E-state index in [1.165, 1.54) is 36.8 Å². The largest absolute Gasteiger partial charge is 0.373 e. The fourth-order valence-electron chi connectivity index (χ4n) is 2.81. The molecule has 1 aliphatic carbocycles. The minimum Gasteiger partial charge on any atom is -0.373 e. The zero-order chi connectivity index (χ0) is 13.7. The molecule has 1 saturated carbocycles. The van der Waals surface area contributed by atoms with Crippen molar-refractivity contribution in [2.45, 2.75) is 58.2 Å². The van der Waals surface area contributed by atoms with E-state index in [9.17, 15) is 0 Å². The van der Waals surface area contributed by atoms with E-state index in [0.29, 0.717) is 24.5 Å². The summed E-state index contributed by atoms with van der Waals surface area (Å²) < 4.78 is 6.08. The van der Waals surface area contributed by atoms with Crippen LogP contribution in [-0.2, 0) is 11.3 Å². The lowest BCUT2D eigenvalue weighted by Crippen LogP contribution is -2.25. The lowest BCUT2D eigenvalue weighted by atomic mass is 9.88. The average Bonchev–Trinajstić information content (AvgIpc) is 2.46. The molecule has 0 heterocycles. The van der Waals surface area contributed by atoms with E-state index >= 15 is 0 Å². The fourth-order valence-corrected chi connectivity index (χ4v) is 2.81. The topological polar surface area (TPSA) is 35.2 Å². The van der Waals surface area contributed by atoms with Gasteiger partial charge >= 0.3 is 0 Å². The Kier molecular flexibility index (Phi) is 5.41. The fraction of sp³-hybridized carbons (Fsp3) is 0.647. The van der Waals surface area contributed by atoms with Crippen molar-refractivity contribution < 1.29 is 4.74 Å². The monoisotopic (exact) mass is 261 g/mol. The number of ether oxygens (including phenoxy) is 1. The van der Waals surface area contributed by atoms with Crippen LogP contribution in [0.2, 0.25) is 0 Å². The zero-order valence-electron chi connectivity index (χ0n) is 12.3. The van der Waals surface area contributed by atoms with Crippen molar-refractivity contribution in [2.24, 2.45) is 11.7 Å². The molecule has 3 atom stereocenters. The smallest absolute Gasteiger partial charge is 0.0720 e. The van der Waals surface area contributed by atoms with Gasteiger partial charge in [0, 0.05) is 0 Å². The number of nitrogens with two attached hydrogens (primary N) is 1. The van der Waals surface area contributed by atoms with Gasteiger partial charge in [-0.1, -0.05) is 51.0 Å². The molecule has 2 rings (SSSR count). The third-order valence-corrected chi connectivity index (χ3v) is 4.40. The molecular formula is C17H27NO. The van der Waals surface area contributed by atoms with Crippen molar-refractivity contribution in [2.75, 3.05) is 6.54 Å². The van der Waals surface area contributed by atoms with Gasteiger partial charge < -0.3 is 10.5 Å². The average molecular weight is 261 g/mol. The number of hydrogen-bond acceptors (Lipinski definition) is 2. The quantitative estimate of drug-likeness (QED) is 0.874. The van der Waals surface area contributed by atoms with Gasteiger partial charge in [0.1, 0.15) is 0 Å². The Hall–Kier alpha value is -0.860. The Morgan fingerprint density at radius 2 is 1.89 bits per heavy atom. The van der Waals surface area contributed by atoms with E-state index in [1.54, 1.807) is 0 Å². The Bertz CT molecular complexity index is 373. The predicted molar refractivity (Wildman–Crippen MR) is 80.1 cm³/mol. The van der Waals surface area contributed by atoms with E-state index in [4.69, 9.17) is 10.5 Å². The minimum atomic E-state index is 0.438. The molecule has 1 fully saturated rings. The highest BCUT2D eigenvalue weighted by atomic mass is 16.5. The summed E-state index contributed by atoms with van der Waals surface area (Å²) in [7, 11) is 0. The molecule has 0 bridgehead atoms. The van der Waals surface area contributed by atoms with E-state index in [-0.39, 0.29) is 0 Å². The second kappa shape index (κ2) is 7.06. The van der Waals surface area contributed by atoms with Crippen molar-refractivity contribution >= 4 is 0 Å². The van der Waals surface area contributed by atoms with Crippen molar-refractivity contribution in [1.82, 2.24) is 0 Å². The van der Waals surface area contributed by atoms with E-state index in [2.05, 4.69) is 38.1 Å². The van der Waals surface area contributed by atoms with Crippen LogP contribution in [0, 0.1) is 5.92 Å². The molecule has 1 aromatic rings. The summed E-state index contributed by atoms with van der Waals surface area (Å²) in [6.45, 7) is 5.92. The predicted octanol–water partition coefficient (Wildman–Crippen LogP) is 3.84. The van der Waals surface area contributed by atoms with Gasteiger partial charge in [0.05, 0.1) is 12.7 Å². The normalized spacial score (nSPS) is 25.2. The van der Waals surface area contributed by atoms with Crippen molar-refractivity contribution in [3.8, 4) is 0 Å². The summed E-state index contributed by atoms with van der Waals surface area (Å²) in [6, 6.07) is 8.71. The first-order valence-corrected chi connectivity index (χ1v) is 7.61. The van der Waals surface area contributed by atoms with Gasteiger partial charge in [0.25, 0.3) is 0 Å². The van der Waals surface area contributed by atoms with Crippen LogP contribution in [0.3, 0.4) is 0 Å². The number of hydrogen-bond donors (Lipinski definition) is 1. The van der Waals surface area contributed by atoms with E-state index in [1.807, 2.05) is 0 Å². The standard InChI is InChI=1S/C17H27NO/c1-13-5-3-4-6-17(13)19-12-15-7-9-16(10-8-15)14(2)11-18/h7-10,13-14,17H,3-6,11-12,18H2,1-2H3. The van der Waals surface area contributed by atoms with Crippen LogP contribution in [0.15, 0.2) is 24.3 Å². The molecule has 3 unspecified atom stereocenters. The second-order valence-electron chi connectivity index (χ2n) is 5.99. The van der Waals surface area contributed by atoms with Gasteiger partial charge in [-0.25, -0.2) is 0 Å². The van der Waals surface area contributed by atoms with Crippen LogP contribution >= 0.6 is 0 Å². The van der Waals surface area contributed by atoms with Crippen LogP contribution in [0.1, 0.15) is 56.6 Å². The minimum absolute atomic E-state index is 0.438. The summed E-state index contributed by atoms with van der Waals surface area (Å²) in [6.07, 6.45) is 5.69. The van der Waals surface area contributed by atoms with Crippen molar-refractivity contribution in [3.63, 3.8) is 0 Å². The molecule has 0 aromatic heterocycles. The van der Waals surface area contributed by atoms with E-state index < -0.39 is 0 Å². The highest BCUT2D eigenvalue weighted by Gasteiger charge is 2.21. The van der Waals surface area contributed by atoms with Crippen LogP contribution in [0.5, 0.6) is 0 Å². The molecular weight excluding hydrogens is 234 g/mol. The van der Waals surface area contributed by atoms with Gasteiger partial charge in [-0.05, 0) is 42.3 Å². The molecule has 1 aliphatic rings.